The average molecular weight is 371 g/mol. The zero-order valence-corrected chi connectivity index (χ0v) is 15.1. The zero-order chi connectivity index (χ0) is 19.0. The standard InChI is InChI=1S/C19H21N3O5/c1-11-14(9-17(23)22-6-4-12(5-7-22)18(20)24)21-19(27-11)13-2-3-15-16(8-13)26-10-25-15/h2-3,8,12H,4-7,9-10H2,1H3,(H2,20,24). The molecule has 4 rings (SSSR count). The van der Waals surface area contributed by atoms with Crippen molar-refractivity contribution in [3.05, 3.63) is 29.7 Å². The summed E-state index contributed by atoms with van der Waals surface area (Å²) in [6.45, 7) is 3.08. The van der Waals surface area contributed by atoms with Gasteiger partial charge in [-0.05, 0) is 38.0 Å². The number of nitrogens with zero attached hydrogens (tertiary/aromatic N) is 2. The van der Waals surface area contributed by atoms with Gasteiger partial charge in [0, 0.05) is 24.6 Å². The van der Waals surface area contributed by atoms with Crippen molar-refractivity contribution >= 4 is 11.8 Å². The topological polar surface area (TPSA) is 108 Å². The highest BCUT2D eigenvalue weighted by Crippen LogP contribution is 2.36. The zero-order valence-electron chi connectivity index (χ0n) is 15.1. The van der Waals surface area contributed by atoms with Crippen molar-refractivity contribution in [3.8, 4) is 23.0 Å². The van der Waals surface area contributed by atoms with Crippen LogP contribution in [-0.2, 0) is 16.0 Å². The molecule has 0 atom stereocenters. The van der Waals surface area contributed by atoms with Crippen molar-refractivity contribution in [2.75, 3.05) is 19.9 Å². The monoisotopic (exact) mass is 371 g/mol. The first kappa shape index (κ1) is 17.4. The van der Waals surface area contributed by atoms with E-state index in [1.807, 2.05) is 18.2 Å². The molecule has 8 heteroatoms. The number of rotatable bonds is 4. The van der Waals surface area contributed by atoms with Gasteiger partial charge in [0.05, 0.1) is 12.1 Å². The lowest BCUT2D eigenvalue weighted by Crippen LogP contribution is -2.42. The SMILES string of the molecule is Cc1oc(-c2ccc3c(c2)OCO3)nc1CC(=O)N1CCC(C(N)=O)CC1. The number of amides is 2. The van der Waals surface area contributed by atoms with Crippen LogP contribution in [-0.4, -0.2) is 41.6 Å². The smallest absolute Gasteiger partial charge is 0.231 e. The number of piperidine rings is 1. The van der Waals surface area contributed by atoms with Gasteiger partial charge in [-0.2, -0.15) is 0 Å². The number of primary amides is 1. The summed E-state index contributed by atoms with van der Waals surface area (Å²) in [6.07, 6.45) is 1.39. The van der Waals surface area contributed by atoms with Crippen LogP contribution in [0.1, 0.15) is 24.3 Å². The van der Waals surface area contributed by atoms with E-state index in [1.165, 1.54) is 0 Å². The molecule has 0 radical (unpaired) electrons. The Morgan fingerprint density at radius 3 is 2.70 bits per heavy atom. The molecule has 2 N–H and O–H groups in total. The second-order valence-corrected chi connectivity index (χ2v) is 6.82. The molecule has 2 aliphatic heterocycles. The number of fused-ring (bicyclic) bond motifs is 1. The summed E-state index contributed by atoms with van der Waals surface area (Å²) in [5.74, 6) is 1.95. The molecule has 3 heterocycles. The molecule has 2 aliphatic rings. The molecule has 27 heavy (non-hydrogen) atoms. The Morgan fingerprint density at radius 1 is 1.22 bits per heavy atom. The van der Waals surface area contributed by atoms with Crippen molar-refractivity contribution in [3.63, 3.8) is 0 Å². The Balaban J connectivity index is 1.44. The minimum atomic E-state index is -0.289. The number of aryl methyl sites for hydroxylation is 1. The summed E-state index contributed by atoms with van der Waals surface area (Å²) in [7, 11) is 0. The van der Waals surface area contributed by atoms with Gasteiger partial charge in [0.2, 0.25) is 24.5 Å². The number of benzene rings is 1. The van der Waals surface area contributed by atoms with Gasteiger partial charge in [-0.15, -0.1) is 0 Å². The van der Waals surface area contributed by atoms with Crippen LogP contribution in [0.5, 0.6) is 11.5 Å². The fraction of sp³-hybridized carbons (Fsp3) is 0.421. The lowest BCUT2D eigenvalue weighted by molar-refractivity contribution is -0.134. The first-order valence-corrected chi connectivity index (χ1v) is 8.94. The molecule has 2 aromatic rings. The van der Waals surface area contributed by atoms with Gasteiger partial charge in [-0.1, -0.05) is 0 Å². The van der Waals surface area contributed by atoms with Crippen molar-refractivity contribution in [1.82, 2.24) is 9.88 Å². The largest absolute Gasteiger partial charge is 0.454 e. The minimum absolute atomic E-state index is 0.0217. The maximum absolute atomic E-state index is 12.6. The molecule has 1 saturated heterocycles. The Hall–Kier alpha value is -3.03. The van der Waals surface area contributed by atoms with Crippen LogP contribution in [0.3, 0.4) is 0 Å². The second kappa shape index (κ2) is 6.94. The van der Waals surface area contributed by atoms with Crippen LogP contribution in [0.25, 0.3) is 11.5 Å². The predicted octanol–water partition coefficient (Wildman–Crippen LogP) is 1.65. The Morgan fingerprint density at radius 2 is 1.96 bits per heavy atom. The fourth-order valence-corrected chi connectivity index (χ4v) is 3.41. The molecular weight excluding hydrogens is 350 g/mol. The van der Waals surface area contributed by atoms with E-state index in [-0.39, 0.29) is 30.9 Å². The molecular formula is C19H21N3O5. The molecule has 0 aliphatic carbocycles. The number of nitrogens with two attached hydrogens (primary N) is 1. The molecule has 1 aromatic carbocycles. The summed E-state index contributed by atoms with van der Waals surface area (Å²) in [5, 5.41) is 0. The summed E-state index contributed by atoms with van der Waals surface area (Å²) in [6, 6.07) is 5.47. The van der Waals surface area contributed by atoms with E-state index in [0.29, 0.717) is 54.8 Å². The molecule has 0 saturated carbocycles. The first-order valence-electron chi connectivity index (χ1n) is 8.94. The number of hydrogen-bond donors (Lipinski definition) is 1. The molecule has 8 nitrogen and oxygen atoms in total. The quantitative estimate of drug-likeness (QED) is 0.875. The van der Waals surface area contributed by atoms with E-state index < -0.39 is 0 Å². The highest BCUT2D eigenvalue weighted by atomic mass is 16.7. The molecule has 1 fully saturated rings. The summed E-state index contributed by atoms with van der Waals surface area (Å²) < 4.78 is 16.4. The van der Waals surface area contributed by atoms with Gasteiger partial charge < -0.3 is 24.5 Å². The number of carbonyl (C=O) groups is 2. The Kier molecular flexibility index (Phi) is 4.47. The average Bonchev–Trinajstić information content (AvgIpc) is 3.28. The van der Waals surface area contributed by atoms with E-state index in [4.69, 9.17) is 19.6 Å². The molecule has 0 bridgehead atoms. The third-order valence-electron chi connectivity index (χ3n) is 5.08. The van der Waals surface area contributed by atoms with Crippen LogP contribution >= 0.6 is 0 Å². The van der Waals surface area contributed by atoms with Crippen LogP contribution in [0.2, 0.25) is 0 Å². The van der Waals surface area contributed by atoms with Crippen LogP contribution in [0.4, 0.5) is 0 Å². The number of carbonyl (C=O) groups excluding carboxylic acids is 2. The second-order valence-electron chi connectivity index (χ2n) is 6.82. The Bertz CT molecular complexity index is 883. The van der Waals surface area contributed by atoms with Gasteiger partial charge in [-0.3, -0.25) is 9.59 Å². The maximum atomic E-state index is 12.6. The van der Waals surface area contributed by atoms with E-state index >= 15 is 0 Å². The van der Waals surface area contributed by atoms with Gasteiger partial charge in [0.1, 0.15) is 5.76 Å². The third-order valence-corrected chi connectivity index (χ3v) is 5.08. The van der Waals surface area contributed by atoms with Crippen molar-refractivity contribution in [2.24, 2.45) is 11.7 Å². The lowest BCUT2D eigenvalue weighted by Gasteiger charge is -2.30. The van der Waals surface area contributed by atoms with Crippen LogP contribution < -0.4 is 15.2 Å². The number of aromatic nitrogens is 1. The maximum Gasteiger partial charge on any atom is 0.231 e. The number of likely N-dealkylation sites (tertiary alicyclic amines) is 1. The molecule has 1 aromatic heterocycles. The minimum Gasteiger partial charge on any atom is -0.454 e. The highest BCUT2D eigenvalue weighted by Gasteiger charge is 2.27. The Labute approximate surface area is 156 Å². The fourth-order valence-electron chi connectivity index (χ4n) is 3.41. The molecule has 0 unspecified atom stereocenters. The van der Waals surface area contributed by atoms with Crippen LogP contribution in [0.15, 0.2) is 22.6 Å². The van der Waals surface area contributed by atoms with Gasteiger partial charge in [-0.25, -0.2) is 4.98 Å². The molecule has 2 amide bonds. The summed E-state index contributed by atoms with van der Waals surface area (Å²) in [4.78, 5) is 30.1. The lowest BCUT2D eigenvalue weighted by atomic mass is 9.96. The van der Waals surface area contributed by atoms with Gasteiger partial charge in [0.25, 0.3) is 0 Å². The summed E-state index contributed by atoms with van der Waals surface area (Å²) >= 11 is 0. The number of ether oxygens (including phenoxy) is 2. The predicted molar refractivity (Wildman–Crippen MR) is 95.0 cm³/mol. The van der Waals surface area contributed by atoms with Crippen molar-refractivity contribution < 1.29 is 23.5 Å². The van der Waals surface area contributed by atoms with Crippen LogP contribution in [0, 0.1) is 12.8 Å². The normalized spacial score (nSPS) is 16.6. The van der Waals surface area contributed by atoms with E-state index in [0.717, 1.165) is 5.56 Å². The van der Waals surface area contributed by atoms with Crippen molar-refractivity contribution in [2.45, 2.75) is 26.2 Å². The third kappa shape index (κ3) is 3.47. The molecule has 142 valence electrons. The summed E-state index contributed by atoms with van der Waals surface area (Å²) in [5.41, 5.74) is 6.72. The highest BCUT2D eigenvalue weighted by molar-refractivity contribution is 5.80. The van der Waals surface area contributed by atoms with Crippen molar-refractivity contribution in [1.29, 1.82) is 0 Å². The van der Waals surface area contributed by atoms with Gasteiger partial charge in [0.15, 0.2) is 11.5 Å². The number of oxazole rings is 1. The van der Waals surface area contributed by atoms with Gasteiger partial charge >= 0.3 is 0 Å². The molecule has 0 spiro atoms. The van der Waals surface area contributed by atoms with E-state index in [2.05, 4.69) is 4.98 Å². The van der Waals surface area contributed by atoms with E-state index in [1.54, 1.807) is 11.8 Å². The first-order chi connectivity index (χ1) is 13.0. The number of hydrogen-bond acceptors (Lipinski definition) is 6. The van der Waals surface area contributed by atoms with E-state index in [9.17, 15) is 9.59 Å².